The summed E-state index contributed by atoms with van der Waals surface area (Å²) in [6, 6.07) is 8.79. The van der Waals surface area contributed by atoms with Crippen molar-refractivity contribution in [2.75, 3.05) is 14.1 Å². The van der Waals surface area contributed by atoms with Gasteiger partial charge in [-0.15, -0.1) is 0 Å². The molecular formula is C13H21BrN2. The number of halogens is 1. The fraction of sp³-hybridized carbons (Fsp3) is 0.538. The minimum Gasteiger partial charge on any atom is -0.325 e. The quantitative estimate of drug-likeness (QED) is 0.920. The topological polar surface area (TPSA) is 29.3 Å². The van der Waals surface area contributed by atoms with Crippen LogP contribution in [0.1, 0.15) is 31.9 Å². The van der Waals surface area contributed by atoms with Crippen molar-refractivity contribution in [3.8, 4) is 0 Å². The molecule has 0 saturated heterocycles. The lowest BCUT2D eigenvalue weighted by atomic mass is 9.91. The Bertz CT molecular complexity index is 342. The van der Waals surface area contributed by atoms with Crippen LogP contribution in [0.2, 0.25) is 0 Å². The van der Waals surface area contributed by atoms with Gasteiger partial charge in [-0.2, -0.15) is 0 Å². The lowest BCUT2D eigenvalue weighted by molar-refractivity contribution is 0.243. The fourth-order valence-electron chi connectivity index (χ4n) is 1.81. The Morgan fingerprint density at radius 3 is 2.44 bits per heavy atom. The van der Waals surface area contributed by atoms with Crippen LogP contribution in [-0.2, 0) is 0 Å². The molecule has 0 heterocycles. The van der Waals surface area contributed by atoms with E-state index in [-0.39, 0.29) is 5.54 Å². The van der Waals surface area contributed by atoms with E-state index in [1.54, 1.807) is 0 Å². The first-order chi connectivity index (χ1) is 7.29. The van der Waals surface area contributed by atoms with Crippen molar-refractivity contribution in [3.63, 3.8) is 0 Å². The molecule has 0 aliphatic heterocycles. The van der Waals surface area contributed by atoms with Crippen molar-refractivity contribution in [3.05, 3.63) is 34.3 Å². The summed E-state index contributed by atoms with van der Waals surface area (Å²) in [6.07, 6.45) is 0.941. The first kappa shape index (κ1) is 13.7. The lowest BCUT2D eigenvalue weighted by Crippen LogP contribution is -2.37. The highest BCUT2D eigenvalue weighted by Crippen LogP contribution is 2.28. The van der Waals surface area contributed by atoms with Crippen molar-refractivity contribution >= 4 is 15.9 Å². The molecule has 0 aromatic heterocycles. The molecule has 2 nitrogen and oxygen atoms in total. The van der Waals surface area contributed by atoms with Gasteiger partial charge in [0.2, 0.25) is 0 Å². The minimum atomic E-state index is -0.156. The van der Waals surface area contributed by atoms with Crippen molar-refractivity contribution in [1.82, 2.24) is 4.90 Å². The fourth-order valence-corrected chi connectivity index (χ4v) is 2.23. The van der Waals surface area contributed by atoms with E-state index >= 15 is 0 Å². The van der Waals surface area contributed by atoms with Gasteiger partial charge in [0.05, 0.1) is 0 Å². The SMILES string of the molecule is CN(C)C(CC(C)(C)N)c1cccc(Br)c1. The minimum absolute atomic E-state index is 0.156. The molecule has 0 fully saturated rings. The molecule has 0 saturated carbocycles. The Morgan fingerprint density at radius 1 is 1.38 bits per heavy atom. The highest BCUT2D eigenvalue weighted by atomic mass is 79.9. The number of benzene rings is 1. The largest absolute Gasteiger partial charge is 0.325 e. The average Bonchev–Trinajstić information content (AvgIpc) is 2.12. The summed E-state index contributed by atoms with van der Waals surface area (Å²) in [4.78, 5) is 2.22. The van der Waals surface area contributed by atoms with Gasteiger partial charge in [-0.1, -0.05) is 28.1 Å². The number of nitrogens with two attached hydrogens (primary N) is 1. The average molecular weight is 285 g/mol. The zero-order valence-corrected chi connectivity index (χ0v) is 12.1. The van der Waals surface area contributed by atoms with Crippen molar-refractivity contribution < 1.29 is 0 Å². The van der Waals surface area contributed by atoms with Crippen molar-refractivity contribution in [2.24, 2.45) is 5.73 Å². The van der Waals surface area contributed by atoms with E-state index < -0.39 is 0 Å². The summed E-state index contributed by atoms with van der Waals surface area (Å²) in [7, 11) is 4.19. The summed E-state index contributed by atoms with van der Waals surface area (Å²) >= 11 is 3.51. The van der Waals surface area contributed by atoms with E-state index in [1.807, 2.05) is 6.07 Å². The number of nitrogens with zero attached hydrogens (tertiary/aromatic N) is 1. The molecular weight excluding hydrogens is 264 g/mol. The molecule has 1 atom stereocenters. The summed E-state index contributed by atoms with van der Waals surface area (Å²) in [5, 5.41) is 0. The van der Waals surface area contributed by atoms with Crippen LogP contribution in [0.25, 0.3) is 0 Å². The van der Waals surface area contributed by atoms with Gasteiger partial charge in [0, 0.05) is 16.1 Å². The van der Waals surface area contributed by atoms with E-state index in [9.17, 15) is 0 Å². The maximum atomic E-state index is 6.11. The van der Waals surface area contributed by atoms with Crippen LogP contribution in [0.3, 0.4) is 0 Å². The third kappa shape index (κ3) is 4.24. The maximum Gasteiger partial charge on any atom is 0.0359 e. The second-order valence-electron chi connectivity index (χ2n) is 5.23. The highest BCUT2D eigenvalue weighted by molar-refractivity contribution is 9.10. The second-order valence-corrected chi connectivity index (χ2v) is 6.14. The van der Waals surface area contributed by atoms with Crippen LogP contribution in [0.5, 0.6) is 0 Å². The van der Waals surface area contributed by atoms with Gasteiger partial charge in [-0.3, -0.25) is 0 Å². The van der Waals surface area contributed by atoms with E-state index in [2.05, 4.69) is 67.0 Å². The maximum absolute atomic E-state index is 6.11. The third-order valence-corrected chi connectivity index (χ3v) is 3.07. The Kier molecular flexibility index (Phi) is 4.53. The highest BCUT2D eigenvalue weighted by Gasteiger charge is 2.22. The predicted octanol–water partition coefficient (Wildman–Crippen LogP) is 3.18. The van der Waals surface area contributed by atoms with Crippen molar-refractivity contribution in [1.29, 1.82) is 0 Å². The molecule has 2 N–H and O–H groups in total. The molecule has 0 spiro atoms. The van der Waals surface area contributed by atoms with Crippen LogP contribution in [0, 0.1) is 0 Å². The summed E-state index contributed by atoms with van der Waals surface area (Å²) in [5.41, 5.74) is 7.26. The van der Waals surface area contributed by atoms with Crippen LogP contribution >= 0.6 is 15.9 Å². The Balaban J connectivity index is 2.94. The van der Waals surface area contributed by atoms with Gasteiger partial charge in [0.1, 0.15) is 0 Å². The van der Waals surface area contributed by atoms with Crippen molar-refractivity contribution in [2.45, 2.75) is 31.8 Å². The summed E-state index contributed by atoms with van der Waals surface area (Å²) in [6.45, 7) is 4.14. The molecule has 16 heavy (non-hydrogen) atoms. The molecule has 1 aromatic carbocycles. The molecule has 90 valence electrons. The normalized spacial score (nSPS) is 14.2. The van der Waals surface area contributed by atoms with E-state index in [0.29, 0.717) is 6.04 Å². The molecule has 0 bridgehead atoms. The lowest BCUT2D eigenvalue weighted by Gasteiger charge is -2.31. The zero-order chi connectivity index (χ0) is 12.3. The monoisotopic (exact) mass is 284 g/mol. The number of rotatable bonds is 4. The van der Waals surface area contributed by atoms with Gasteiger partial charge >= 0.3 is 0 Å². The Labute approximate surface area is 107 Å². The number of hydrogen-bond acceptors (Lipinski definition) is 2. The molecule has 1 aromatic rings. The third-order valence-electron chi connectivity index (χ3n) is 2.58. The van der Waals surface area contributed by atoms with E-state index in [1.165, 1.54) is 5.56 Å². The van der Waals surface area contributed by atoms with E-state index in [4.69, 9.17) is 5.73 Å². The Morgan fingerprint density at radius 2 is 2.00 bits per heavy atom. The molecule has 1 unspecified atom stereocenters. The first-order valence-corrected chi connectivity index (χ1v) is 6.30. The van der Waals surface area contributed by atoms with Gasteiger partial charge in [-0.05, 0) is 52.1 Å². The Hall–Kier alpha value is -0.380. The standard InChI is InChI=1S/C13H21BrN2/c1-13(2,15)9-12(16(3)4)10-6-5-7-11(14)8-10/h5-8,12H,9,15H2,1-4H3. The van der Waals surface area contributed by atoms with Gasteiger partial charge < -0.3 is 10.6 Å². The van der Waals surface area contributed by atoms with Crippen LogP contribution < -0.4 is 5.73 Å². The van der Waals surface area contributed by atoms with E-state index in [0.717, 1.165) is 10.9 Å². The number of hydrogen-bond donors (Lipinski definition) is 1. The smallest absolute Gasteiger partial charge is 0.0359 e. The zero-order valence-electron chi connectivity index (χ0n) is 10.5. The first-order valence-electron chi connectivity index (χ1n) is 5.50. The molecule has 0 aliphatic rings. The molecule has 0 radical (unpaired) electrons. The van der Waals surface area contributed by atoms with Crippen LogP contribution in [0.15, 0.2) is 28.7 Å². The molecule has 3 heteroatoms. The van der Waals surface area contributed by atoms with Crippen LogP contribution in [0.4, 0.5) is 0 Å². The van der Waals surface area contributed by atoms with Gasteiger partial charge in [0.15, 0.2) is 0 Å². The molecule has 1 rings (SSSR count). The van der Waals surface area contributed by atoms with Crippen LogP contribution in [-0.4, -0.2) is 24.5 Å². The summed E-state index contributed by atoms with van der Waals surface area (Å²) < 4.78 is 1.12. The predicted molar refractivity (Wildman–Crippen MR) is 73.5 cm³/mol. The van der Waals surface area contributed by atoms with Gasteiger partial charge in [0.25, 0.3) is 0 Å². The molecule has 0 aliphatic carbocycles. The second kappa shape index (κ2) is 5.30. The summed E-state index contributed by atoms with van der Waals surface area (Å²) in [5.74, 6) is 0. The van der Waals surface area contributed by atoms with Gasteiger partial charge in [-0.25, -0.2) is 0 Å². The molecule has 0 amide bonds.